The quantitative estimate of drug-likeness (QED) is 0.608. The van der Waals surface area contributed by atoms with Gasteiger partial charge in [-0.05, 0) is 6.42 Å². The molecule has 9 heteroatoms. The molecule has 146 valence electrons. The number of nitrogens with zero attached hydrogens (tertiary/aromatic N) is 2. The molecule has 0 aliphatic rings. The van der Waals surface area contributed by atoms with Gasteiger partial charge in [-0.3, -0.25) is 4.79 Å². The molecule has 0 aliphatic heterocycles. The van der Waals surface area contributed by atoms with Crippen LogP contribution in [0.15, 0.2) is 24.5 Å². The number of hydrogen-bond acceptors (Lipinski definition) is 8. The third-order valence-corrected chi connectivity index (χ3v) is 3.64. The molecule has 0 fully saturated rings. The van der Waals surface area contributed by atoms with Crippen molar-refractivity contribution in [3.8, 4) is 17.2 Å². The summed E-state index contributed by atoms with van der Waals surface area (Å²) in [4.78, 5) is 20.7. The zero-order chi connectivity index (χ0) is 19.6. The Morgan fingerprint density at radius 3 is 2.22 bits per heavy atom. The van der Waals surface area contributed by atoms with Crippen molar-refractivity contribution in [2.24, 2.45) is 0 Å². The summed E-state index contributed by atoms with van der Waals surface area (Å²) in [5.74, 6) is 1.52. The molecule has 1 aromatic carbocycles. The van der Waals surface area contributed by atoms with Gasteiger partial charge in [0.2, 0.25) is 5.75 Å². The molecule has 0 atom stereocenters. The van der Waals surface area contributed by atoms with Gasteiger partial charge in [-0.15, -0.1) is 0 Å². The van der Waals surface area contributed by atoms with Gasteiger partial charge in [-0.2, -0.15) is 0 Å². The van der Waals surface area contributed by atoms with Gasteiger partial charge < -0.3 is 29.6 Å². The van der Waals surface area contributed by atoms with Crippen molar-refractivity contribution in [1.82, 2.24) is 9.97 Å². The Balaban J connectivity index is 2.06. The highest BCUT2D eigenvalue weighted by atomic mass is 16.5. The van der Waals surface area contributed by atoms with Crippen molar-refractivity contribution >= 4 is 17.4 Å². The second-order valence-corrected chi connectivity index (χ2v) is 5.43. The van der Waals surface area contributed by atoms with Crippen LogP contribution in [-0.4, -0.2) is 57.5 Å². The summed E-state index contributed by atoms with van der Waals surface area (Å²) in [6.07, 6.45) is 3.77. The topological polar surface area (TPSA) is 104 Å². The number of hydrogen-bond donors (Lipinski definition) is 2. The van der Waals surface area contributed by atoms with E-state index in [0.29, 0.717) is 41.9 Å². The number of anilines is 2. The first-order chi connectivity index (χ1) is 13.1. The molecule has 2 rings (SSSR count). The zero-order valence-electron chi connectivity index (χ0n) is 15.9. The molecule has 0 saturated carbocycles. The fourth-order valence-electron chi connectivity index (χ4n) is 2.32. The number of carbonyl (C=O) groups is 1. The van der Waals surface area contributed by atoms with E-state index in [1.54, 1.807) is 19.2 Å². The van der Waals surface area contributed by atoms with Crippen molar-refractivity contribution in [1.29, 1.82) is 0 Å². The lowest BCUT2D eigenvalue weighted by atomic mass is 10.2. The van der Waals surface area contributed by atoms with E-state index in [1.165, 1.54) is 33.7 Å². The number of aromatic nitrogens is 2. The van der Waals surface area contributed by atoms with Crippen LogP contribution in [0.25, 0.3) is 0 Å². The molecule has 2 N–H and O–H groups in total. The fraction of sp³-hybridized carbons (Fsp3) is 0.389. The minimum absolute atomic E-state index is 0.186. The van der Waals surface area contributed by atoms with Gasteiger partial charge >= 0.3 is 0 Å². The predicted molar refractivity (Wildman–Crippen MR) is 101 cm³/mol. The smallest absolute Gasteiger partial charge is 0.275 e. The number of ether oxygens (including phenoxy) is 4. The highest BCUT2D eigenvalue weighted by Gasteiger charge is 2.15. The summed E-state index contributed by atoms with van der Waals surface area (Å²) in [5.41, 5.74) is 0.671. The maximum absolute atomic E-state index is 12.4. The second kappa shape index (κ2) is 10.2. The minimum Gasteiger partial charge on any atom is -0.493 e. The van der Waals surface area contributed by atoms with Crippen molar-refractivity contribution < 1.29 is 23.7 Å². The number of amides is 1. The van der Waals surface area contributed by atoms with Crippen LogP contribution in [0.5, 0.6) is 17.2 Å². The standard InChI is InChI=1S/C18H24N4O5/c1-24-7-5-6-19-16-11-20-13(10-21-16)18(23)22-12-8-14(25-2)17(27-4)15(9-12)26-3/h8-11H,5-7H2,1-4H3,(H,19,21)(H,22,23). The largest absolute Gasteiger partial charge is 0.493 e. The van der Waals surface area contributed by atoms with Crippen molar-refractivity contribution in [2.75, 3.05) is 52.2 Å². The maximum Gasteiger partial charge on any atom is 0.275 e. The monoisotopic (exact) mass is 376 g/mol. The molecule has 0 aliphatic carbocycles. The average molecular weight is 376 g/mol. The molecular weight excluding hydrogens is 352 g/mol. The van der Waals surface area contributed by atoms with E-state index >= 15 is 0 Å². The summed E-state index contributed by atoms with van der Waals surface area (Å²) in [5, 5.41) is 5.85. The molecule has 2 aromatic rings. The Morgan fingerprint density at radius 2 is 1.70 bits per heavy atom. The minimum atomic E-state index is -0.400. The van der Waals surface area contributed by atoms with Gasteiger partial charge in [0.25, 0.3) is 5.91 Å². The van der Waals surface area contributed by atoms with Crippen molar-refractivity contribution in [2.45, 2.75) is 6.42 Å². The van der Waals surface area contributed by atoms with E-state index in [1.807, 2.05) is 0 Å². The lowest BCUT2D eigenvalue weighted by Gasteiger charge is -2.14. The Bertz CT molecular complexity index is 727. The van der Waals surface area contributed by atoms with E-state index in [4.69, 9.17) is 18.9 Å². The normalized spacial score (nSPS) is 10.2. The molecule has 0 spiro atoms. The van der Waals surface area contributed by atoms with Gasteiger partial charge in [-0.1, -0.05) is 0 Å². The average Bonchev–Trinajstić information content (AvgIpc) is 2.70. The maximum atomic E-state index is 12.4. The first-order valence-electron chi connectivity index (χ1n) is 8.29. The summed E-state index contributed by atoms with van der Waals surface area (Å²) in [7, 11) is 6.18. The zero-order valence-corrected chi connectivity index (χ0v) is 15.9. The number of nitrogens with one attached hydrogen (secondary N) is 2. The van der Waals surface area contributed by atoms with E-state index in [-0.39, 0.29) is 5.69 Å². The van der Waals surface area contributed by atoms with Crippen LogP contribution in [0.4, 0.5) is 11.5 Å². The molecule has 9 nitrogen and oxygen atoms in total. The molecule has 0 unspecified atom stereocenters. The Labute approximate surface area is 158 Å². The highest BCUT2D eigenvalue weighted by Crippen LogP contribution is 2.39. The summed E-state index contributed by atoms with van der Waals surface area (Å²) < 4.78 is 20.8. The van der Waals surface area contributed by atoms with Gasteiger partial charge in [0.15, 0.2) is 11.5 Å². The van der Waals surface area contributed by atoms with E-state index in [0.717, 1.165) is 6.42 Å². The molecule has 0 radical (unpaired) electrons. The van der Waals surface area contributed by atoms with E-state index < -0.39 is 5.91 Å². The van der Waals surface area contributed by atoms with Crippen LogP contribution in [-0.2, 0) is 4.74 Å². The first kappa shape index (κ1) is 20.2. The third kappa shape index (κ3) is 5.45. The molecular formula is C18H24N4O5. The molecule has 1 amide bonds. The van der Waals surface area contributed by atoms with Gasteiger partial charge in [0.05, 0.1) is 33.7 Å². The van der Waals surface area contributed by atoms with Crippen LogP contribution >= 0.6 is 0 Å². The third-order valence-electron chi connectivity index (χ3n) is 3.64. The Morgan fingerprint density at radius 1 is 1.00 bits per heavy atom. The second-order valence-electron chi connectivity index (χ2n) is 5.43. The number of methoxy groups -OCH3 is 4. The van der Waals surface area contributed by atoms with Crippen molar-refractivity contribution in [3.63, 3.8) is 0 Å². The highest BCUT2D eigenvalue weighted by molar-refractivity contribution is 6.03. The number of carbonyl (C=O) groups excluding carboxylic acids is 1. The van der Waals surface area contributed by atoms with Gasteiger partial charge in [-0.25, -0.2) is 9.97 Å². The number of rotatable bonds is 10. The fourth-order valence-corrected chi connectivity index (χ4v) is 2.32. The molecule has 0 bridgehead atoms. The molecule has 27 heavy (non-hydrogen) atoms. The Hall–Kier alpha value is -3.07. The summed E-state index contributed by atoms with van der Waals surface area (Å²) in [6.45, 7) is 1.37. The summed E-state index contributed by atoms with van der Waals surface area (Å²) in [6, 6.07) is 3.27. The Kier molecular flexibility index (Phi) is 7.63. The van der Waals surface area contributed by atoms with Crippen LogP contribution < -0.4 is 24.8 Å². The predicted octanol–water partition coefficient (Wildman–Crippen LogP) is 2.20. The van der Waals surface area contributed by atoms with Crippen LogP contribution in [0.2, 0.25) is 0 Å². The lowest BCUT2D eigenvalue weighted by molar-refractivity contribution is 0.102. The first-order valence-corrected chi connectivity index (χ1v) is 8.29. The van der Waals surface area contributed by atoms with E-state index in [9.17, 15) is 4.79 Å². The SMILES string of the molecule is COCCCNc1cnc(C(=O)Nc2cc(OC)c(OC)c(OC)c2)cn1. The number of benzene rings is 1. The van der Waals surface area contributed by atoms with E-state index in [2.05, 4.69) is 20.6 Å². The van der Waals surface area contributed by atoms with Crippen molar-refractivity contribution in [3.05, 3.63) is 30.2 Å². The van der Waals surface area contributed by atoms with Crippen LogP contribution in [0, 0.1) is 0 Å². The summed E-state index contributed by atoms with van der Waals surface area (Å²) >= 11 is 0. The molecule has 1 heterocycles. The lowest BCUT2D eigenvalue weighted by Crippen LogP contribution is -2.15. The van der Waals surface area contributed by atoms with Crippen LogP contribution in [0.1, 0.15) is 16.9 Å². The van der Waals surface area contributed by atoms with Crippen LogP contribution in [0.3, 0.4) is 0 Å². The molecule has 0 saturated heterocycles. The molecule has 1 aromatic heterocycles. The van der Waals surface area contributed by atoms with Gasteiger partial charge in [0.1, 0.15) is 11.5 Å². The van der Waals surface area contributed by atoms with Gasteiger partial charge in [0, 0.05) is 38.1 Å².